The number of amides is 1. The van der Waals surface area contributed by atoms with Crippen LogP contribution in [-0.2, 0) is 20.4 Å². The number of hydrogen-bond acceptors (Lipinski definition) is 3. The molecular weight excluding hydrogens is 305 g/mol. The van der Waals surface area contributed by atoms with Crippen molar-refractivity contribution in [3.63, 3.8) is 0 Å². The zero-order valence-corrected chi connectivity index (χ0v) is 13.6. The molecule has 6 heteroatoms. The highest BCUT2D eigenvalue weighted by Gasteiger charge is 2.20. The number of hydrogen-bond donors (Lipinski definition) is 1. The zero-order chi connectivity index (χ0) is 16.2. The molecule has 2 rings (SSSR count). The van der Waals surface area contributed by atoms with Crippen molar-refractivity contribution in [3.05, 3.63) is 35.1 Å². The van der Waals surface area contributed by atoms with Gasteiger partial charge in [-0.2, -0.15) is 0 Å². The number of halogens is 1. The Labute approximate surface area is 131 Å². The Balaban J connectivity index is 1.86. The fourth-order valence-corrected chi connectivity index (χ4v) is 4.19. The van der Waals surface area contributed by atoms with Crippen LogP contribution in [0.25, 0.3) is 0 Å². The number of carbonyl (C=O) groups excluding carboxylic acids is 1. The van der Waals surface area contributed by atoms with Gasteiger partial charge in [0.25, 0.3) is 0 Å². The summed E-state index contributed by atoms with van der Waals surface area (Å²) in [4.78, 5) is 11.8. The summed E-state index contributed by atoms with van der Waals surface area (Å²) in [5, 5.41) is 2.88. The lowest BCUT2D eigenvalue weighted by Gasteiger charge is -2.12. The minimum absolute atomic E-state index is 0.0148. The van der Waals surface area contributed by atoms with E-state index in [1.807, 2.05) is 0 Å². The van der Waals surface area contributed by atoms with Crippen LogP contribution in [-0.4, -0.2) is 26.1 Å². The molecule has 22 heavy (non-hydrogen) atoms. The number of sulfone groups is 1. The smallest absolute Gasteiger partial charge is 0.221 e. The Morgan fingerprint density at radius 1 is 1.32 bits per heavy atom. The molecule has 0 spiro atoms. The van der Waals surface area contributed by atoms with Crippen molar-refractivity contribution in [3.8, 4) is 0 Å². The topological polar surface area (TPSA) is 63.2 Å². The number of rotatable bonds is 6. The van der Waals surface area contributed by atoms with Gasteiger partial charge in [0, 0.05) is 12.5 Å². The quantitative estimate of drug-likeness (QED) is 0.873. The number of aryl methyl sites for hydroxylation is 1. The summed E-state index contributed by atoms with van der Waals surface area (Å²) in [6.07, 6.45) is 4.18. The largest absolute Gasteiger partial charge is 0.353 e. The fourth-order valence-electron chi connectivity index (χ4n) is 2.75. The average molecular weight is 327 g/mol. The van der Waals surface area contributed by atoms with Crippen LogP contribution in [0.3, 0.4) is 0 Å². The summed E-state index contributed by atoms with van der Waals surface area (Å²) in [6, 6.07) is 4.26. The SMILES string of the molecule is Cc1cc(F)ccc1CS(=O)(=O)CCC(=O)NC1CCCC1. The maximum Gasteiger partial charge on any atom is 0.221 e. The molecule has 4 nitrogen and oxygen atoms in total. The second-order valence-corrected chi connectivity index (χ2v) is 8.15. The van der Waals surface area contributed by atoms with E-state index < -0.39 is 9.84 Å². The zero-order valence-electron chi connectivity index (χ0n) is 12.8. The van der Waals surface area contributed by atoms with E-state index in [-0.39, 0.29) is 35.7 Å². The summed E-state index contributed by atoms with van der Waals surface area (Å²) in [6.45, 7) is 1.68. The van der Waals surface area contributed by atoms with E-state index in [2.05, 4.69) is 5.32 Å². The van der Waals surface area contributed by atoms with Crippen LogP contribution in [0.4, 0.5) is 4.39 Å². The third-order valence-corrected chi connectivity index (χ3v) is 5.62. The molecule has 0 unspecified atom stereocenters. The third kappa shape index (κ3) is 5.09. The predicted molar refractivity (Wildman–Crippen MR) is 83.6 cm³/mol. The van der Waals surface area contributed by atoms with E-state index in [4.69, 9.17) is 0 Å². The van der Waals surface area contributed by atoms with Gasteiger partial charge in [-0.3, -0.25) is 4.79 Å². The van der Waals surface area contributed by atoms with Gasteiger partial charge in [0.2, 0.25) is 5.91 Å². The Kier molecular flexibility index (Phi) is 5.56. The van der Waals surface area contributed by atoms with Crippen LogP contribution in [0.1, 0.15) is 43.2 Å². The molecule has 0 heterocycles. The lowest BCUT2D eigenvalue weighted by molar-refractivity contribution is -0.121. The van der Waals surface area contributed by atoms with Crippen LogP contribution in [0.15, 0.2) is 18.2 Å². The van der Waals surface area contributed by atoms with Gasteiger partial charge in [-0.15, -0.1) is 0 Å². The van der Waals surface area contributed by atoms with E-state index in [1.54, 1.807) is 6.92 Å². The Bertz CT molecular complexity index is 637. The van der Waals surface area contributed by atoms with Crippen LogP contribution in [0.5, 0.6) is 0 Å². The van der Waals surface area contributed by atoms with E-state index in [0.717, 1.165) is 25.7 Å². The summed E-state index contributed by atoms with van der Waals surface area (Å²) < 4.78 is 37.2. The van der Waals surface area contributed by atoms with Gasteiger partial charge in [-0.1, -0.05) is 18.9 Å². The van der Waals surface area contributed by atoms with Gasteiger partial charge in [0.1, 0.15) is 5.82 Å². The van der Waals surface area contributed by atoms with E-state index >= 15 is 0 Å². The molecule has 1 aromatic carbocycles. The van der Waals surface area contributed by atoms with Crippen LogP contribution >= 0.6 is 0 Å². The molecule has 0 aromatic heterocycles. The molecule has 0 saturated heterocycles. The average Bonchev–Trinajstić information content (AvgIpc) is 2.93. The normalized spacial score (nSPS) is 15.9. The van der Waals surface area contributed by atoms with Crippen molar-refractivity contribution in [2.75, 3.05) is 5.75 Å². The second-order valence-electron chi connectivity index (χ2n) is 5.96. The first-order chi connectivity index (χ1) is 10.4. The van der Waals surface area contributed by atoms with Gasteiger partial charge < -0.3 is 5.32 Å². The maximum absolute atomic E-state index is 13.0. The summed E-state index contributed by atoms with van der Waals surface area (Å²) in [5.41, 5.74) is 1.19. The molecule has 0 radical (unpaired) electrons. The molecule has 0 bridgehead atoms. The monoisotopic (exact) mass is 327 g/mol. The van der Waals surface area contributed by atoms with Crippen LogP contribution < -0.4 is 5.32 Å². The lowest BCUT2D eigenvalue weighted by atomic mass is 10.1. The van der Waals surface area contributed by atoms with Crippen molar-refractivity contribution in [1.82, 2.24) is 5.32 Å². The van der Waals surface area contributed by atoms with Gasteiger partial charge in [-0.25, -0.2) is 12.8 Å². The molecule has 0 aliphatic heterocycles. The van der Waals surface area contributed by atoms with Gasteiger partial charge >= 0.3 is 0 Å². The van der Waals surface area contributed by atoms with E-state index in [9.17, 15) is 17.6 Å². The summed E-state index contributed by atoms with van der Waals surface area (Å²) in [5.74, 6) is -0.918. The molecule has 1 N–H and O–H groups in total. The number of carbonyl (C=O) groups is 1. The van der Waals surface area contributed by atoms with Crippen molar-refractivity contribution in [1.29, 1.82) is 0 Å². The fraction of sp³-hybridized carbons (Fsp3) is 0.562. The second kappa shape index (κ2) is 7.22. The molecule has 1 fully saturated rings. The number of benzene rings is 1. The predicted octanol–water partition coefficient (Wildman–Crippen LogP) is 2.50. The molecule has 122 valence electrons. The molecule has 1 aliphatic rings. The summed E-state index contributed by atoms with van der Waals surface area (Å²) >= 11 is 0. The standard InChI is InChI=1S/C16H22FNO3S/c1-12-10-14(17)7-6-13(12)11-22(20,21)9-8-16(19)18-15-4-2-3-5-15/h6-7,10,15H,2-5,8-9,11H2,1H3,(H,18,19). The van der Waals surface area contributed by atoms with Crippen molar-refractivity contribution >= 4 is 15.7 Å². The summed E-state index contributed by atoms with van der Waals surface area (Å²) in [7, 11) is -3.38. The van der Waals surface area contributed by atoms with Crippen LogP contribution in [0.2, 0.25) is 0 Å². The highest BCUT2D eigenvalue weighted by Crippen LogP contribution is 2.18. The molecule has 1 amide bonds. The highest BCUT2D eigenvalue weighted by molar-refractivity contribution is 7.90. The highest BCUT2D eigenvalue weighted by atomic mass is 32.2. The first-order valence-corrected chi connectivity index (χ1v) is 9.43. The van der Waals surface area contributed by atoms with E-state index in [0.29, 0.717) is 11.1 Å². The first-order valence-electron chi connectivity index (χ1n) is 7.60. The van der Waals surface area contributed by atoms with Crippen molar-refractivity contribution < 1.29 is 17.6 Å². The third-order valence-electron chi connectivity index (χ3n) is 4.04. The maximum atomic E-state index is 13.0. The van der Waals surface area contributed by atoms with Gasteiger partial charge in [0.05, 0.1) is 11.5 Å². The minimum Gasteiger partial charge on any atom is -0.353 e. The molecule has 1 saturated carbocycles. The minimum atomic E-state index is -3.38. The molecule has 0 atom stereocenters. The molecule has 1 aromatic rings. The number of nitrogens with one attached hydrogen (secondary N) is 1. The Morgan fingerprint density at radius 3 is 2.64 bits per heavy atom. The Morgan fingerprint density at radius 2 is 2.00 bits per heavy atom. The van der Waals surface area contributed by atoms with Crippen molar-refractivity contribution in [2.45, 2.75) is 50.8 Å². The Hall–Kier alpha value is -1.43. The van der Waals surface area contributed by atoms with Crippen LogP contribution in [0, 0.1) is 12.7 Å². The first kappa shape index (κ1) is 16.9. The van der Waals surface area contributed by atoms with Crippen molar-refractivity contribution in [2.24, 2.45) is 0 Å². The molecule has 1 aliphatic carbocycles. The van der Waals surface area contributed by atoms with E-state index in [1.165, 1.54) is 18.2 Å². The molecular formula is C16H22FNO3S. The van der Waals surface area contributed by atoms with Gasteiger partial charge in [-0.05, 0) is 43.0 Å². The lowest BCUT2D eigenvalue weighted by Crippen LogP contribution is -2.33. The van der Waals surface area contributed by atoms with Gasteiger partial charge in [0.15, 0.2) is 9.84 Å².